The molecule has 1 saturated heterocycles. The molecule has 1 heterocycles. The fourth-order valence-electron chi connectivity index (χ4n) is 2.50. The van der Waals surface area contributed by atoms with E-state index in [1.807, 2.05) is 6.92 Å². The summed E-state index contributed by atoms with van der Waals surface area (Å²) in [6.45, 7) is 4.75. The topological polar surface area (TPSA) is 83.0 Å². The van der Waals surface area contributed by atoms with Gasteiger partial charge in [-0.15, -0.1) is 24.0 Å². The molecule has 1 fully saturated rings. The number of nitrogens with one attached hydrogen (secondary N) is 2. The van der Waals surface area contributed by atoms with Gasteiger partial charge in [0.05, 0.1) is 32.1 Å². The van der Waals surface area contributed by atoms with Crippen LogP contribution in [-0.4, -0.2) is 89.7 Å². The van der Waals surface area contributed by atoms with E-state index in [2.05, 4.69) is 15.6 Å². The van der Waals surface area contributed by atoms with Gasteiger partial charge in [0.25, 0.3) is 6.43 Å². The zero-order valence-electron chi connectivity index (χ0n) is 15.4. The Labute approximate surface area is 172 Å². The number of piperidine rings is 1. The molecule has 0 aromatic heterocycles. The van der Waals surface area contributed by atoms with Crippen LogP contribution in [0.4, 0.5) is 8.78 Å². The molecular weight excluding hydrogens is 481 g/mol. The summed E-state index contributed by atoms with van der Waals surface area (Å²) in [7, 11) is -3.00. The Bertz CT molecular complexity index is 501. The molecule has 0 aliphatic carbocycles. The van der Waals surface area contributed by atoms with Gasteiger partial charge in [0.2, 0.25) is 0 Å². The van der Waals surface area contributed by atoms with E-state index in [4.69, 9.17) is 4.74 Å². The van der Waals surface area contributed by atoms with Gasteiger partial charge < -0.3 is 15.4 Å². The predicted octanol–water partition coefficient (Wildman–Crippen LogP) is 0.950. The molecule has 0 radical (unpaired) electrons. The van der Waals surface area contributed by atoms with E-state index in [9.17, 15) is 17.2 Å². The number of hydrogen-bond donors (Lipinski definition) is 2. The van der Waals surface area contributed by atoms with Crippen molar-refractivity contribution in [2.24, 2.45) is 4.99 Å². The van der Waals surface area contributed by atoms with Crippen molar-refractivity contribution in [1.29, 1.82) is 0 Å². The summed E-state index contributed by atoms with van der Waals surface area (Å²) in [6.07, 6.45) is 0.476. The van der Waals surface area contributed by atoms with Crippen molar-refractivity contribution in [3.63, 3.8) is 0 Å². The van der Waals surface area contributed by atoms with Crippen molar-refractivity contribution in [3.05, 3.63) is 0 Å². The molecule has 156 valence electrons. The second-order valence-electron chi connectivity index (χ2n) is 6.11. The number of ether oxygens (including phenoxy) is 1. The van der Waals surface area contributed by atoms with Crippen molar-refractivity contribution in [2.75, 3.05) is 57.9 Å². The monoisotopic (exact) mass is 512 g/mol. The van der Waals surface area contributed by atoms with Crippen molar-refractivity contribution >= 4 is 39.8 Å². The first-order chi connectivity index (χ1) is 11.8. The first-order valence-corrected chi connectivity index (χ1v) is 10.7. The zero-order chi connectivity index (χ0) is 18.7. The van der Waals surface area contributed by atoms with E-state index >= 15 is 0 Å². The van der Waals surface area contributed by atoms with Crippen LogP contribution < -0.4 is 10.6 Å². The van der Waals surface area contributed by atoms with Crippen LogP contribution >= 0.6 is 24.0 Å². The Morgan fingerprint density at radius 3 is 2.50 bits per heavy atom. The number of sulfone groups is 1. The highest BCUT2D eigenvalue weighted by molar-refractivity contribution is 14.0. The Hall–Kier alpha value is -0.270. The van der Waals surface area contributed by atoms with Crippen LogP contribution in [0.2, 0.25) is 0 Å². The highest BCUT2D eigenvalue weighted by atomic mass is 127. The van der Waals surface area contributed by atoms with Gasteiger partial charge in [-0.3, -0.25) is 9.89 Å². The largest absolute Gasteiger partial charge is 0.378 e. The minimum absolute atomic E-state index is 0. The van der Waals surface area contributed by atoms with Crippen molar-refractivity contribution in [3.8, 4) is 0 Å². The average Bonchev–Trinajstić information content (AvgIpc) is 2.51. The first kappa shape index (κ1) is 25.7. The number of halogens is 3. The van der Waals surface area contributed by atoms with Crippen LogP contribution in [0.25, 0.3) is 0 Å². The normalized spacial score (nSPS) is 17.2. The summed E-state index contributed by atoms with van der Waals surface area (Å²) < 4.78 is 52.0. The fraction of sp³-hybridized carbons (Fsp3) is 0.933. The van der Waals surface area contributed by atoms with Crippen molar-refractivity contribution in [2.45, 2.75) is 32.2 Å². The highest BCUT2D eigenvalue weighted by Crippen LogP contribution is 2.11. The number of likely N-dealkylation sites (tertiary alicyclic amines) is 1. The molecule has 11 heteroatoms. The Morgan fingerprint density at radius 2 is 1.96 bits per heavy atom. The molecule has 1 rings (SSSR count). The second kappa shape index (κ2) is 13.8. The lowest BCUT2D eigenvalue weighted by Gasteiger charge is -2.32. The van der Waals surface area contributed by atoms with Crippen LogP contribution in [0.1, 0.15) is 19.8 Å². The lowest BCUT2D eigenvalue weighted by atomic mass is 10.1. The van der Waals surface area contributed by atoms with Crippen LogP contribution in [-0.2, 0) is 14.6 Å². The van der Waals surface area contributed by atoms with Gasteiger partial charge in [0.1, 0.15) is 9.84 Å². The summed E-state index contributed by atoms with van der Waals surface area (Å²) >= 11 is 0. The average molecular weight is 512 g/mol. The molecule has 0 spiro atoms. The summed E-state index contributed by atoms with van der Waals surface area (Å²) in [4.78, 5) is 6.18. The minimum atomic E-state index is -3.00. The summed E-state index contributed by atoms with van der Waals surface area (Å²) in [6, 6.07) is 0.206. The molecule has 0 bridgehead atoms. The summed E-state index contributed by atoms with van der Waals surface area (Å²) in [5, 5.41) is 6.46. The third-order valence-electron chi connectivity index (χ3n) is 3.77. The first-order valence-electron chi connectivity index (χ1n) is 8.61. The van der Waals surface area contributed by atoms with Gasteiger partial charge in [-0.25, -0.2) is 17.2 Å². The zero-order valence-corrected chi connectivity index (χ0v) is 18.6. The predicted molar refractivity (Wildman–Crippen MR) is 111 cm³/mol. The van der Waals surface area contributed by atoms with Crippen molar-refractivity contribution < 1.29 is 21.9 Å². The molecule has 26 heavy (non-hydrogen) atoms. The number of rotatable bonds is 10. The van der Waals surface area contributed by atoms with E-state index in [1.54, 1.807) is 4.90 Å². The van der Waals surface area contributed by atoms with E-state index < -0.39 is 16.3 Å². The minimum Gasteiger partial charge on any atom is -0.378 e. The number of guanidine groups is 1. The molecule has 0 atom stereocenters. The molecule has 1 aliphatic heterocycles. The van der Waals surface area contributed by atoms with Crippen molar-refractivity contribution in [1.82, 2.24) is 15.5 Å². The smallest absolute Gasteiger partial charge is 0.251 e. The van der Waals surface area contributed by atoms with Gasteiger partial charge in [0.15, 0.2) is 5.96 Å². The maximum atomic E-state index is 12.4. The van der Waals surface area contributed by atoms with Gasteiger partial charge in [-0.1, -0.05) is 0 Å². The molecule has 0 aromatic carbocycles. The number of hydrogen-bond acceptors (Lipinski definition) is 5. The number of aliphatic imine (C=N–C) groups is 1. The fourth-order valence-corrected chi connectivity index (χ4v) is 2.92. The van der Waals surface area contributed by atoms with Gasteiger partial charge >= 0.3 is 0 Å². The van der Waals surface area contributed by atoms with E-state index in [0.717, 1.165) is 12.8 Å². The van der Waals surface area contributed by atoms with Gasteiger partial charge in [-0.2, -0.15) is 0 Å². The van der Waals surface area contributed by atoms with Crippen LogP contribution in [0.3, 0.4) is 0 Å². The maximum absolute atomic E-state index is 12.4. The van der Waals surface area contributed by atoms with Gasteiger partial charge in [0, 0.05) is 31.9 Å². The number of alkyl halides is 2. The Morgan fingerprint density at radius 1 is 1.31 bits per heavy atom. The summed E-state index contributed by atoms with van der Waals surface area (Å²) in [5.41, 5.74) is 0. The molecule has 2 N–H and O–H groups in total. The molecule has 0 aromatic rings. The van der Waals surface area contributed by atoms with Crippen LogP contribution in [0, 0.1) is 0 Å². The molecule has 0 amide bonds. The lowest BCUT2D eigenvalue weighted by molar-refractivity contribution is 0.0744. The Balaban J connectivity index is 0.00000625. The SMILES string of the molecule is CCNC(=NCCOCCS(C)(=O)=O)NC1CCN(CC(F)F)CC1.I. The second-order valence-corrected chi connectivity index (χ2v) is 8.37. The maximum Gasteiger partial charge on any atom is 0.251 e. The van der Waals surface area contributed by atoms with Gasteiger partial charge in [-0.05, 0) is 19.8 Å². The molecule has 0 saturated carbocycles. The summed E-state index contributed by atoms with van der Waals surface area (Å²) in [5.74, 6) is 0.674. The highest BCUT2D eigenvalue weighted by Gasteiger charge is 2.21. The molecule has 1 aliphatic rings. The van der Waals surface area contributed by atoms with Crippen LogP contribution in [0.5, 0.6) is 0 Å². The Kier molecular flexibility index (Phi) is 13.7. The van der Waals surface area contributed by atoms with Crippen LogP contribution in [0.15, 0.2) is 4.99 Å². The standard InChI is InChI=1S/C15H30F2N4O3S.HI/c1-3-18-15(19-6-9-24-10-11-25(2,22)23)20-13-4-7-21(8-5-13)12-14(16)17;/h13-14H,3-12H2,1-2H3,(H2,18,19,20);1H. The molecule has 7 nitrogen and oxygen atoms in total. The number of nitrogens with zero attached hydrogens (tertiary/aromatic N) is 2. The quantitative estimate of drug-likeness (QED) is 0.196. The van der Waals surface area contributed by atoms with E-state index in [0.29, 0.717) is 38.7 Å². The lowest BCUT2D eigenvalue weighted by Crippen LogP contribution is -2.49. The third kappa shape index (κ3) is 13.0. The third-order valence-corrected chi connectivity index (χ3v) is 4.68. The molecular formula is C15H31F2IN4O3S. The van der Waals surface area contributed by atoms with E-state index in [1.165, 1.54) is 6.26 Å². The molecule has 0 unspecified atom stereocenters. The van der Waals surface area contributed by atoms with E-state index in [-0.39, 0.29) is 48.9 Å².